The molecule has 1 unspecified atom stereocenters. The zero-order chi connectivity index (χ0) is 20.7. The van der Waals surface area contributed by atoms with Gasteiger partial charge in [-0.3, -0.25) is 14.5 Å². The lowest BCUT2D eigenvalue weighted by Gasteiger charge is -2.24. The standard InChI is InChI=1S/C23H18BrNO4/c1-13-10-14(2)12-17(11-13)25-20(18-4-3-9-29-18)19(22(27)23(25)28)21(26)15-5-7-16(24)8-6-15/h3-12,20,26H,1-2H3/b21-19-. The fraction of sp³-hybridized carbons (Fsp3) is 0.130. The van der Waals surface area contributed by atoms with E-state index < -0.39 is 17.7 Å². The summed E-state index contributed by atoms with van der Waals surface area (Å²) in [4.78, 5) is 27.4. The maximum atomic E-state index is 13.0. The van der Waals surface area contributed by atoms with Crippen molar-refractivity contribution < 1.29 is 19.1 Å². The van der Waals surface area contributed by atoms with Crippen LogP contribution in [0.25, 0.3) is 5.76 Å². The Kier molecular flexibility index (Phi) is 4.88. The second-order valence-corrected chi connectivity index (χ2v) is 7.95. The number of anilines is 1. The normalized spacial score (nSPS) is 18.4. The van der Waals surface area contributed by atoms with E-state index >= 15 is 0 Å². The molecule has 146 valence electrons. The molecule has 0 aliphatic carbocycles. The van der Waals surface area contributed by atoms with Crippen molar-refractivity contribution in [3.05, 3.63) is 93.4 Å². The molecule has 1 aromatic heterocycles. The molecule has 5 nitrogen and oxygen atoms in total. The average molecular weight is 452 g/mol. The third-order valence-corrected chi connectivity index (χ3v) is 5.39. The van der Waals surface area contributed by atoms with Gasteiger partial charge in [-0.25, -0.2) is 0 Å². The molecular weight excluding hydrogens is 434 g/mol. The summed E-state index contributed by atoms with van der Waals surface area (Å²) in [7, 11) is 0. The van der Waals surface area contributed by atoms with E-state index in [1.165, 1.54) is 11.2 Å². The van der Waals surface area contributed by atoms with Gasteiger partial charge in [-0.1, -0.05) is 34.1 Å². The molecule has 2 aromatic carbocycles. The van der Waals surface area contributed by atoms with E-state index in [2.05, 4.69) is 15.9 Å². The number of hydrogen-bond donors (Lipinski definition) is 1. The Morgan fingerprint density at radius 2 is 1.69 bits per heavy atom. The summed E-state index contributed by atoms with van der Waals surface area (Å²) < 4.78 is 6.40. The molecule has 4 rings (SSSR count). The van der Waals surface area contributed by atoms with Crippen molar-refractivity contribution in [2.45, 2.75) is 19.9 Å². The Balaban J connectivity index is 1.94. The van der Waals surface area contributed by atoms with Crippen LogP contribution in [0.15, 0.2) is 75.3 Å². The fourth-order valence-corrected chi connectivity index (χ4v) is 3.93. The summed E-state index contributed by atoms with van der Waals surface area (Å²) in [5, 5.41) is 11.0. The first-order valence-corrected chi connectivity index (χ1v) is 9.85. The summed E-state index contributed by atoms with van der Waals surface area (Å²) in [5.74, 6) is -1.27. The fourth-order valence-electron chi connectivity index (χ4n) is 3.67. The largest absolute Gasteiger partial charge is 0.507 e. The van der Waals surface area contributed by atoms with Crippen molar-refractivity contribution in [1.29, 1.82) is 0 Å². The molecule has 1 saturated heterocycles. The lowest BCUT2D eigenvalue weighted by atomic mass is 9.99. The van der Waals surface area contributed by atoms with Crippen LogP contribution in [0.4, 0.5) is 5.69 Å². The number of ketones is 1. The van der Waals surface area contributed by atoms with E-state index in [0.717, 1.165) is 15.6 Å². The first-order valence-electron chi connectivity index (χ1n) is 9.05. The summed E-state index contributed by atoms with van der Waals surface area (Å²) >= 11 is 3.35. The lowest BCUT2D eigenvalue weighted by molar-refractivity contribution is -0.132. The molecule has 0 spiro atoms. The summed E-state index contributed by atoms with van der Waals surface area (Å²) in [5.41, 5.74) is 2.97. The van der Waals surface area contributed by atoms with Crippen molar-refractivity contribution in [2.24, 2.45) is 0 Å². The Bertz CT molecular complexity index is 1110. The minimum absolute atomic E-state index is 0.00596. The van der Waals surface area contributed by atoms with Gasteiger partial charge in [0.25, 0.3) is 11.7 Å². The Morgan fingerprint density at radius 1 is 1.03 bits per heavy atom. The zero-order valence-electron chi connectivity index (χ0n) is 15.8. The van der Waals surface area contributed by atoms with Crippen molar-refractivity contribution in [3.63, 3.8) is 0 Å². The highest BCUT2D eigenvalue weighted by Gasteiger charge is 2.48. The summed E-state index contributed by atoms with van der Waals surface area (Å²) in [6, 6.07) is 15.1. The van der Waals surface area contributed by atoms with Crippen LogP contribution in [0.3, 0.4) is 0 Å². The third kappa shape index (κ3) is 3.40. The van der Waals surface area contributed by atoms with Gasteiger partial charge in [0.15, 0.2) is 0 Å². The molecule has 1 atom stereocenters. The molecule has 1 N–H and O–H groups in total. The second kappa shape index (κ2) is 7.37. The second-order valence-electron chi connectivity index (χ2n) is 7.04. The van der Waals surface area contributed by atoms with Gasteiger partial charge in [-0.2, -0.15) is 0 Å². The topological polar surface area (TPSA) is 70.8 Å². The van der Waals surface area contributed by atoms with Gasteiger partial charge < -0.3 is 9.52 Å². The Hall–Kier alpha value is -3.12. The van der Waals surface area contributed by atoms with Crippen molar-refractivity contribution in [1.82, 2.24) is 0 Å². The quantitative estimate of drug-likeness (QED) is 0.333. The Morgan fingerprint density at radius 3 is 2.28 bits per heavy atom. The van der Waals surface area contributed by atoms with E-state index in [1.54, 1.807) is 36.4 Å². The third-order valence-electron chi connectivity index (χ3n) is 4.86. The summed E-state index contributed by atoms with van der Waals surface area (Å²) in [6.45, 7) is 3.85. The molecule has 1 aliphatic rings. The highest BCUT2D eigenvalue weighted by Crippen LogP contribution is 2.42. The number of halogens is 1. The molecule has 0 saturated carbocycles. The van der Waals surface area contributed by atoms with Crippen LogP contribution in [-0.4, -0.2) is 16.8 Å². The number of amides is 1. The van der Waals surface area contributed by atoms with Gasteiger partial charge in [0.1, 0.15) is 17.6 Å². The highest BCUT2D eigenvalue weighted by atomic mass is 79.9. The van der Waals surface area contributed by atoms with Crippen molar-refractivity contribution >= 4 is 39.1 Å². The summed E-state index contributed by atoms with van der Waals surface area (Å²) in [6.07, 6.45) is 1.48. The molecule has 29 heavy (non-hydrogen) atoms. The zero-order valence-corrected chi connectivity index (χ0v) is 17.4. The number of carbonyl (C=O) groups excluding carboxylic acids is 2. The van der Waals surface area contributed by atoms with E-state index in [1.807, 2.05) is 32.0 Å². The number of benzene rings is 2. The number of carbonyl (C=O) groups is 2. The van der Waals surface area contributed by atoms with Crippen LogP contribution >= 0.6 is 15.9 Å². The number of aliphatic hydroxyl groups is 1. The Labute approximate surface area is 176 Å². The van der Waals surface area contributed by atoms with Gasteiger partial charge in [-0.05, 0) is 61.4 Å². The van der Waals surface area contributed by atoms with E-state index in [9.17, 15) is 14.7 Å². The van der Waals surface area contributed by atoms with Crippen LogP contribution in [0, 0.1) is 13.8 Å². The predicted molar refractivity (Wildman–Crippen MR) is 114 cm³/mol. The lowest BCUT2D eigenvalue weighted by Crippen LogP contribution is -2.29. The number of nitrogens with zero attached hydrogens (tertiary/aromatic N) is 1. The average Bonchev–Trinajstić information content (AvgIpc) is 3.28. The minimum atomic E-state index is -0.852. The molecular formula is C23H18BrNO4. The molecule has 0 bridgehead atoms. The predicted octanol–water partition coefficient (Wildman–Crippen LogP) is 5.29. The van der Waals surface area contributed by atoms with E-state index in [4.69, 9.17) is 4.42 Å². The van der Waals surface area contributed by atoms with Crippen LogP contribution in [0.5, 0.6) is 0 Å². The monoisotopic (exact) mass is 451 g/mol. The van der Waals surface area contributed by atoms with Gasteiger partial charge in [0.2, 0.25) is 0 Å². The highest BCUT2D eigenvalue weighted by molar-refractivity contribution is 9.10. The molecule has 2 heterocycles. The van der Waals surface area contributed by atoms with Crippen LogP contribution in [0.2, 0.25) is 0 Å². The molecule has 3 aromatic rings. The van der Waals surface area contributed by atoms with E-state index in [-0.39, 0.29) is 11.3 Å². The minimum Gasteiger partial charge on any atom is -0.507 e. The van der Waals surface area contributed by atoms with E-state index in [0.29, 0.717) is 17.0 Å². The smallest absolute Gasteiger partial charge is 0.300 e. The van der Waals surface area contributed by atoms with Crippen molar-refractivity contribution in [3.8, 4) is 0 Å². The molecule has 1 amide bonds. The number of aliphatic hydroxyl groups excluding tert-OH is 1. The number of furan rings is 1. The molecule has 1 aliphatic heterocycles. The van der Waals surface area contributed by atoms with Crippen LogP contribution in [0.1, 0.15) is 28.5 Å². The van der Waals surface area contributed by atoms with Crippen molar-refractivity contribution in [2.75, 3.05) is 4.90 Å². The maximum absolute atomic E-state index is 13.0. The number of Topliss-reactive ketones (excluding diaryl/α,β-unsaturated/α-hetero) is 1. The molecule has 0 radical (unpaired) electrons. The molecule has 1 fully saturated rings. The van der Waals surface area contributed by atoms with Gasteiger partial charge >= 0.3 is 0 Å². The van der Waals surface area contributed by atoms with Crippen LogP contribution in [-0.2, 0) is 9.59 Å². The SMILES string of the molecule is Cc1cc(C)cc(N2C(=O)C(=O)/C(=C(\O)c3ccc(Br)cc3)C2c2ccco2)c1. The van der Waals surface area contributed by atoms with Crippen LogP contribution < -0.4 is 4.90 Å². The van der Waals surface area contributed by atoms with Gasteiger partial charge in [0.05, 0.1) is 11.8 Å². The van der Waals surface area contributed by atoms with Gasteiger partial charge in [0, 0.05) is 15.7 Å². The van der Waals surface area contributed by atoms with Gasteiger partial charge in [-0.15, -0.1) is 0 Å². The number of rotatable bonds is 3. The maximum Gasteiger partial charge on any atom is 0.300 e. The number of hydrogen-bond acceptors (Lipinski definition) is 4. The number of aryl methyl sites for hydroxylation is 2. The molecule has 6 heteroatoms. The first-order chi connectivity index (χ1) is 13.9. The first kappa shape index (κ1) is 19.2.